The Morgan fingerprint density at radius 2 is 1.77 bits per heavy atom. The van der Waals surface area contributed by atoms with Crippen LogP contribution in [-0.4, -0.2) is 24.1 Å². The summed E-state index contributed by atoms with van der Waals surface area (Å²) in [6.45, 7) is 3.29. The van der Waals surface area contributed by atoms with Crippen LogP contribution < -0.4 is 10.1 Å². The maximum absolute atomic E-state index is 12.3. The lowest BCUT2D eigenvalue weighted by Crippen LogP contribution is -2.36. The molecule has 0 spiro atoms. The van der Waals surface area contributed by atoms with E-state index >= 15 is 0 Å². The van der Waals surface area contributed by atoms with Crippen LogP contribution in [0.2, 0.25) is 0 Å². The van der Waals surface area contributed by atoms with E-state index in [0.29, 0.717) is 23.4 Å². The molecule has 1 amide bonds. The van der Waals surface area contributed by atoms with Crippen LogP contribution in [0.25, 0.3) is 0 Å². The van der Waals surface area contributed by atoms with Crippen LogP contribution in [0.3, 0.4) is 0 Å². The fraction of sp³-hybridized carbons (Fsp3) is 0.250. The predicted molar refractivity (Wildman–Crippen MR) is 96.5 cm³/mol. The third-order valence-corrected chi connectivity index (χ3v) is 3.60. The fourth-order valence-electron chi connectivity index (χ4n) is 2.14. The molecule has 0 fully saturated rings. The summed E-state index contributed by atoms with van der Waals surface area (Å²) in [5.74, 6) is -0.498. The van der Waals surface area contributed by atoms with Crippen molar-refractivity contribution in [1.29, 1.82) is 5.26 Å². The highest BCUT2D eigenvalue weighted by Crippen LogP contribution is 2.15. The molecule has 2 aromatic carbocycles. The highest BCUT2D eigenvalue weighted by molar-refractivity contribution is 5.95. The Bertz CT molecular complexity index is 782. The molecule has 0 heterocycles. The molecule has 2 aromatic rings. The molecule has 134 valence electrons. The zero-order valence-corrected chi connectivity index (χ0v) is 14.6. The minimum Gasteiger partial charge on any atom is -0.479 e. The number of nitrogens with zero attached hydrogens (tertiary/aromatic N) is 1. The highest BCUT2D eigenvalue weighted by Gasteiger charge is 2.25. The number of esters is 1. The summed E-state index contributed by atoms with van der Waals surface area (Å²) in [6, 6.07) is 17.4. The molecule has 6 heteroatoms. The van der Waals surface area contributed by atoms with E-state index in [4.69, 9.17) is 14.7 Å². The van der Waals surface area contributed by atoms with E-state index < -0.39 is 24.1 Å². The summed E-state index contributed by atoms with van der Waals surface area (Å²) >= 11 is 0. The first kappa shape index (κ1) is 19.0. The number of benzene rings is 2. The predicted octanol–water partition coefficient (Wildman–Crippen LogP) is 3.29. The Morgan fingerprint density at radius 1 is 1.12 bits per heavy atom. The molecule has 2 atom stereocenters. The van der Waals surface area contributed by atoms with Gasteiger partial charge in [-0.1, -0.05) is 25.1 Å². The first-order valence-corrected chi connectivity index (χ1v) is 8.26. The zero-order valence-electron chi connectivity index (χ0n) is 14.6. The van der Waals surface area contributed by atoms with Gasteiger partial charge in [0.15, 0.2) is 12.2 Å². The molecular formula is C20H20N2O4. The van der Waals surface area contributed by atoms with Crippen molar-refractivity contribution in [1.82, 2.24) is 0 Å². The molecular weight excluding hydrogens is 332 g/mol. The standard InChI is InChI=1S/C20H20N2O4/c1-3-18(26-17-7-5-4-6-8-17)20(24)25-14(2)19(23)22-16-11-9-15(13-21)10-12-16/h4-12,14,18H,3H2,1-2H3,(H,22,23)/t14-,18+/m1/s1. The van der Waals surface area contributed by atoms with Crippen LogP contribution in [-0.2, 0) is 14.3 Å². The fourth-order valence-corrected chi connectivity index (χ4v) is 2.14. The van der Waals surface area contributed by atoms with E-state index in [0.717, 1.165) is 0 Å². The van der Waals surface area contributed by atoms with Crippen molar-refractivity contribution in [3.05, 3.63) is 60.2 Å². The van der Waals surface area contributed by atoms with Crippen LogP contribution in [0.4, 0.5) is 5.69 Å². The van der Waals surface area contributed by atoms with E-state index in [1.54, 1.807) is 55.5 Å². The summed E-state index contributed by atoms with van der Waals surface area (Å²) in [6.07, 6.45) is -1.35. The van der Waals surface area contributed by atoms with E-state index in [1.165, 1.54) is 6.92 Å². The molecule has 0 saturated heterocycles. The first-order valence-electron chi connectivity index (χ1n) is 8.26. The van der Waals surface area contributed by atoms with Crippen LogP contribution in [0.1, 0.15) is 25.8 Å². The smallest absolute Gasteiger partial charge is 0.348 e. The third-order valence-electron chi connectivity index (χ3n) is 3.60. The van der Waals surface area contributed by atoms with Crippen molar-refractivity contribution in [3.63, 3.8) is 0 Å². The van der Waals surface area contributed by atoms with Crippen molar-refractivity contribution in [2.24, 2.45) is 0 Å². The molecule has 0 aliphatic rings. The van der Waals surface area contributed by atoms with Crippen LogP contribution in [0.15, 0.2) is 54.6 Å². The average Bonchev–Trinajstić information content (AvgIpc) is 2.67. The molecule has 6 nitrogen and oxygen atoms in total. The summed E-state index contributed by atoms with van der Waals surface area (Å²) in [5.41, 5.74) is 1.01. The Balaban J connectivity index is 1.91. The third kappa shape index (κ3) is 5.35. The molecule has 1 N–H and O–H groups in total. The van der Waals surface area contributed by atoms with Crippen molar-refractivity contribution in [3.8, 4) is 11.8 Å². The topological polar surface area (TPSA) is 88.4 Å². The molecule has 0 radical (unpaired) electrons. The summed E-state index contributed by atoms with van der Waals surface area (Å²) in [7, 11) is 0. The van der Waals surface area contributed by atoms with Crippen molar-refractivity contribution >= 4 is 17.6 Å². The Hall–Kier alpha value is -3.33. The average molecular weight is 352 g/mol. The number of ether oxygens (including phenoxy) is 2. The lowest BCUT2D eigenvalue weighted by atomic mass is 10.2. The monoisotopic (exact) mass is 352 g/mol. The molecule has 26 heavy (non-hydrogen) atoms. The second-order valence-electron chi connectivity index (χ2n) is 5.59. The van der Waals surface area contributed by atoms with Gasteiger partial charge in [-0.05, 0) is 49.7 Å². The van der Waals surface area contributed by atoms with Gasteiger partial charge in [0.25, 0.3) is 5.91 Å². The van der Waals surface area contributed by atoms with Gasteiger partial charge in [0.1, 0.15) is 5.75 Å². The summed E-state index contributed by atoms with van der Waals surface area (Å²) in [4.78, 5) is 24.4. The summed E-state index contributed by atoms with van der Waals surface area (Å²) in [5, 5.41) is 11.4. The Kier molecular flexibility index (Phi) is 6.75. The maximum atomic E-state index is 12.3. The van der Waals surface area contributed by atoms with E-state index in [1.807, 2.05) is 12.1 Å². The van der Waals surface area contributed by atoms with Gasteiger partial charge in [-0.15, -0.1) is 0 Å². The quantitative estimate of drug-likeness (QED) is 0.773. The zero-order chi connectivity index (χ0) is 18.9. The highest BCUT2D eigenvalue weighted by atomic mass is 16.6. The lowest BCUT2D eigenvalue weighted by Gasteiger charge is -2.19. The van der Waals surface area contributed by atoms with Gasteiger partial charge in [0.05, 0.1) is 11.6 Å². The van der Waals surface area contributed by atoms with Crippen LogP contribution in [0, 0.1) is 11.3 Å². The van der Waals surface area contributed by atoms with E-state index in [2.05, 4.69) is 5.32 Å². The second-order valence-corrected chi connectivity index (χ2v) is 5.59. The SMILES string of the molecule is CC[C@H](Oc1ccccc1)C(=O)O[C@H](C)C(=O)Nc1ccc(C#N)cc1. The molecule has 0 saturated carbocycles. The minimum absolute atomic E-state index is 0.414. The van der Waals surface area contributed by atoms with E-state index in [-0.39, 0.29) is 0 Å². The van der Waals surface area contributed by atoms with Crippen molar-refractivity contribution in [2.75, 3.05) is 5.32 Å². The van der Waals surface area contributed by atoms with Gasteiger partial charge in [0, 0.05) is 5.69 Å². The number of nitriles is 1. The normalized spacial score (nSPS) is 12.3. The van der Waals surface area contributed by atoms with Gasteiger partial charge in [-0.2, -0.15) is 5.26 Å². The number of nitrogens with one attached hydrogen (secondary N) is 1. The number of amides is 1. The number of hydrogen-bond acceptors (Lipinski definition) is 5. The number of para-hydroxylation sites is 1. The molecule has 0 aliphatic heterocycles. The molecule has 0 aromatic heterocycles. The van der Waals surface area contributed by atoms with Crippen molar-refractivity contribution in [2.45, 2.75) is 32.5 Å². The van der Waals surface area contributed by atoms with Crippen LogP contribution in [0.5, 0.6) is 5.75 Å². The number of rotatable bonds is 7. The number of carbonyl (C=O) groups is 2. The van der Waals surface area contributed by atoms with Gasteiger partial charge in [-0.3, -0.25) is 4.79 Å². The first-order chi connectivity index (χ1) is 12.5. The Morgan fingerprint density at radius 3 is 2.35 bits per heavy atom. The minimum atomic E-state index is -0.980. The van der Waals surface area contributed by atoms with Gasteiger partial charge < -0.3 is 14.8 Å². The van der Waals surface area contributed by atoms with Crippen LogP contribution >= 0.6 is 0 Å². The van der Waals surface area contributed by atoms with Gasteiger partial charge in [-0.25, -0.2) is 4.79 Å². The Labute approximate surface area is 152 Å². The lowest BCUT2D eigenvalue weighted by molar-refractivity contribution is -0.160. The molecule has 0 bridgehead atoms. The largest absolute Gasteiger partial charge is 0.479 e. The summed E-state index contributed by atoms with van der Waals surface area (Å²) < 4.78 is 10.8. The van der Waals surface area contributed by atoms with E-state index in [9.17, 15) is 9.59 Å². The molecule has 0 unspecified atom stereocenters. The van der Waals surface area contributed by atoms with Crippen molar-refractivity contribution < 1.29 is 19.1 Å². The van der Waals surface area contributed by atoms with Gasteiger partial charge in [0.2, 0.25) is 0 Å². The molecule has 2 rings (SSSR count). The number of hydrogen-bond donors (Lipinski definition) is 1. The molecule has 0 aliphatic carbocycles. The number of carbonyl (C=O) groups excluding carboxylic acids is 2. The second kappa shape index (κ2) is 9.23. The maximum Gasteiger partial charge on any atom is 0.348 e. The number of anilines is 1. The van der Waals surface area contributed by atoms with Gasteiger partial charge >= 0.3 is 5.97 Å².